The first-order chi connectivity index (χ1) is 17.4. The van der Waals surface area contributed by atoms with Crippen LogP contribution in [0.25, 0.3) is 10.9 Å². The van der Waals surface area contributed by atoms with E-state index < -0.39 is 5.97 Å². The molecule has 3 aromatic carbocycles. The molecule has 184 valence electrons. The predicted molar refractivity (Wildman–Crippen MR) is 139 cm³/mol. The Labute approximate surface area is 209 Å². The predicted octanol–water partition coefficient (Wildman–Crippen LogP) is 6.34. The van der Waals surface area contributed by atoms with Crippen LogP contribution >= 0.6 is 0 Å². The molecule has 36 heavy (non-hydrogen) atoms. The highest BCUT2D eigenvalue weighted by molar-refractivity contribution is 6.09. The van der Waals surface area contributed by atoms with Crippen LogP contribution in [-0.2, 0) is 11.3 Å². The molecular weight excluding hydrogens is 456 g/mol. The van der Waals surface area contributed by atoms with Crippen molar-refractivity contribution in [3.05, 3.63) is 89.1 Å². The van der Waals surface area contributed by atoms with Gasteiger partial charge in [-0.2, -0.15) is 0 Å². The summed E-state index contributed by atoms with van der Waals surface area (Å²) >= 11 is 0. The Morgan fingerprint density at radius 1 is 1.06 bits per heavy atom. The first-order valence-electron chi connectivity index (χ1n) is 11.7. The smallest absolute Gasteiger partial charge is 0.338 e. The lowest BCUT2D eigenvalue weighted by Gasteiger charge is -2.17. The number of para-hydroxylation sites is 1. The number of pyridine rings is 1. The Morgan fingerprint density at radius 3 is 2.53 bits per heavy atom. The average molecular weight is 485 g/mol. The number of methoxy groups -OCH3 is 1. The number of anilines is 2. The number of ether oxygens (including phenoxy) is 2. The number of phenols is 1. The number of hydrogen-bond acceptors (Lipinski definition) is 7. The Balaban J connectivity index is 1.69. The van der Waals surface area contributed by atoms with Crippen molar-refractivity contribution in [3.8, 4) is 11.5 Å². The molecule has 0 saturated carbocycles. The molecule has 0 unspecified atom stereocenters. The highest BCUT2D eigenvalue weighted by Crippen LogP contribution is 2.33. The molecule has 0 spiro atoms. The molecule has 0 amide bonds. The molecule has 0 atom stereocenters. The number of ketones is 1. The Bertz CT molecular complexity index is 1410. The normalized spacial score (nSPS) is 10.8. The number of carbonyl (C=O) groups excluding carboxylic acids is 2. The van der Waals surface area contributed by atoms with Crippen molar-refractivity contribution in [2.45, 2.75) is 33.3 Å². The lowest BCUT2D eigenvalue weighted by Crippen LogP contribution is -2.08. The minimum atomic E-state index is -0.456. The van der Waals surface area contributed by atoms with Gasteiger partial charge in [-0.25, -0.2) is 4.79 Å². The molecule has 0 aliphatic carbocycles. The van der Waals surface area contributed by atoms with Gasteiger partial charge in [-0.15, -0.1) is 0 Å². The summed E-state index contributed by atoms with van der Waals surface area (Å²) in [4.78, 5) is 30.1. The summed E-state index contributed by atoms with van der Waals surface area (Å²) in [6.45, 7) is 3.86. The Kier molecular flexibility index (Phi) is 7.49. The van der Waals surface area contributed by atoms with E-state index in [0.717, 1.165) is 23.1 Å². The number of fused-ring (bicyclic) bond motifs is 1. The van der Waals surface area contributed by atoms with Crippen molar-refractivity contribution in [3.63, 3.8) is 0 Å². The number of nitrogens with zero attached hydrogens (tertiary/aromatic N) is 1. The maximum atomic E-state index is 12.9. The lowest BCUT2D eigenvalue weighted by molar-refractivity contribution is 0.0474. The van der Waals surface area contributed by atoms with Gasteiger partial charge in [0.2, 0.25) is 0 Å². The summed E-state index contributed by atoms with van der Waals surface area (Å²) in [5.74, 6) is 0.354. The summed E-state index contributed by atoms with van der Waals surface area (Å²) in [5.41, 5.74) is 4.49. The SMILES string of the molecule is CCCC(=O)c1cnc2c(COC(=O)c3ccc(OC)cc3)cccc2c1Nc1ccc(O)cc1C. The monoisotopic (exact) mass is 484 g/mol. The third-order valence-corrected chi connectivity index (χ3v) is 5.91. The number of hydrogen-bond donors (Lipinski definition) is 2. The zero-order valence-electron chi connectivity index (χ0n) is 20.5. The number of aryl methyl sites for hydroxylation is 1. The molecule has 0 radical (unpaired) electrons. The van der Waals surface area contributed by atoms with Crippen LogP contribution in [0.4, 0.5) is 11.4 Å². The van der Waals surface area contributed by atoms with Crippen molar-refractivity contribution in [2.75, 3.05) is 12.4 Å². The second kappa shape index (κ2) is 10.9. The number of benzene rings is 3. The van der Waals surface area contributed by atoms with E-state index in [1.54, 1.807) is 55.8 Å². The van der Waals surface area contributed by atoms with Crippen LogP contribution in [0.2, 0.25) is 0 Å². The van der Waals surface area contributed by atoms with E-state index in [1.807, 2.05) is 32.0 Å². The third-order valence-electron chi connectivity index (χ3n) is 5.91. The largest absolute Gasteiger partial charge is 0.508 e. The molecule has 7 heteroatoms. The van der Waals surface area contributed by atoms with Crippen LogP contribution in [-0.4, -0.2) is 29.0 Å². The summed E-state index contributed by atoms with van der Waals surface area (Å²) in [7, 11) is 1.56. The van der Waals surface area contributed by atoms with Gasteiger partial charge in [0.25, 0.3) is 0 Å². The number of aromatic hydroxyl groups is 1. The second-order valence-electron chi connectivity index (χ2n) is 8.46. The molecule has 4 aromatic rings. The van der Waals surface area contributed by atoms with Gasteiger partial charge in [0, 0.05) is 29.3 Å². The summed E-state index contributed by atoms with van der Waals surface area (Å²) in [6, 6.07) is 17.3. The molecule has 0 aliphatic rings. The quantitative estimate of drug-likeness (QED) is 0.162. The number of Topliss-reactive ketones (excluding diaryl/α,β-unsaturated/α-hetero) is 1. The lowest BCUT2D eigenvalue weighted by atomic mass is 10.0. The van der Waals surface area contributed by atoms with E-state index in [1.165, 1.54) is 0 Å². The molecule has 1 heterocycles. The van der Waals surface area contributed by atoms with Crippen molar-refractivity contribution >= 4 is 34.0 Å². The zero-order chi connectivity index (χ0) is 25.7. The van der Waals surface area contributed by atoms with Gasteiger partial charge >= 0.3 is 5.97 Å². The Morgan fingerprint density at radius 2 is 1.83 bits per heavy atom. The maximum absolute atomic E-state index is 12.9. The van der Waals surface area contributed by atoms with Gasteiger partial charge in [0.15, 0.2) is 5.78 Å². The van der Waals surface area contributed by atoms with E-state index in [9.17, 15) is 14.7 Å². The molecule has 2 N–H and O–H groups in total. The van der Waals surface area contributed by atoms with Crippen LogP contribution in [0.5, 0.6) is 11.5 Å². The number of aromatic nitrogens is 1. The maximum Gasteiger partial charge on any atom is 0.338 e. The highest BCUT2D eigenvalue weighted by Gasteiger charge is 2.18. The first kappa shape index (κ1) is 24.7. The molecule has 0 saturated heterocycles. The molecule has 7 nitrogen and oxygen atoms in total. The van der Waals surface area contributed by atoms with E-state index in [0.29, 0.717) is 40.1 Å². The number of esters is 1. The molecule has 0 bridgehead atoms. The van der Waals surface area contributed by atoms with E-state index >= 15 is 0 Å². The van der Waals surface area contributed by atoms with Crippen LogP contribution in [0.1, 0.15) is 51.6 Å². The fraction of sp³-hybridized carbons (Fsp3) is 0.207. The van der Waals surface area contributed by atoms with Crippen LogP contribution in [0.15, 0.2) is 66.9 Å². The van der Waals surface area contributed by atoms with E-state index in [2.05, 4.69) is 10.3 Å². The number of nitrogens with one attached hydrogen (secondary N) is 1. The van der Waals surface area contributed by atoms with Crippen LogP contribution in [0, 0.1) is 6.92 Å². The minimum Gasteiger partial charge on any atom is -0.508 e. The number of carbonyl (C=O) groups is 2. The Hall–Kier alpha value is -4.39. The molecule has 0 aliphatic heterocycles. The number of rotatable bonds is 9. The van der Waals surface area contributed by atoms with Crippen LogP contribution in [0.3, 0.4) is 0 Å². The molecule has 4 rings (SSSR count). The zero-order valence-corrected chi connectivity index (χ0v) is 20.5. The van der Waals surface area contributed by atoms with Gasteiger partial charge in [0.1, 0.15) is 18.1 Å². The van der Waals surface area contributed by atoms with E-state index in [4.69, 9.17) is 9.47 Å². The standard InChI is InChI=1S/C29H28N2O5/c1-4-6-26(33)24-16-30-27-20(17-36-29(34)19-9-12-22(35-3)13-10-19)7-5-8-23(27)28(24)31-25-14-11-21(32)15-18(25)2/h5,7-16,32H,4,6,17H2,1-3H3,(H,30,31). The fourth-order valence-corrected chi connectivity index (χ4v) is 3.99. The van der Waals surface area contributed by atoms with Gasteiger partial charge in [-0.1, -0.05) is 25.1 Å². The third kappa shape index (κ3) is 5.30. The molecule has 0 fully saturated rings. The minimum absolute atomic E-state index is 0.0119. The molecular formula is C29H28N2O5. The van der Waals surface area contributed by atoms with E-state index in [-0.39, 0.29) is 18.1 Å². The summed E-state index contributed by atoms with van der Waals surface area (Å²) < 4.78 is 10.7. The topological polar surface area (TPSA) is 97.8 Å². The first-order valence-corrected chi connectivity index (χ1v) is 11.7. The van der Waals surface area contributed by atoms with Gasteiger partial charge in [-0.3, -0.25) is 9.78 Å². The van der Waals surface area contributed by atoms with Crippen molar-refractivity contribution in [1.29, 1.82) is 0 Å². The van der Waals surface area contributed by atoms with Gasteiger partial charge < -0.3 is 19.9 Å². The fourth-order valence-electron chi connectivity index (χ4n) is 3.99. The summed E-state index contributed by atoms with van der Waals surface area (Å²) in [5, 5.41) is 13.9. The van der Waals surface area contributed by atoms with Gasteiger partial charge in [-0.05, 0) is 61.4 Å². The highest BCUT2D eigenvalue weighted by atomic mass is 16.5. The second-order valence-corrected chi connectivity index (χ2v) is 8.46. The van der Waals surface area contributed by atoms with Gasteiger partial charge in [0.05, 0.1) is 29.4 Å². The van der Waals surface area contributed by atoms with Crippen molar-refractivity contribution < 1.29 is 24.2 Å². The number of phenolic OH excluding ortho intramolecular Hbond substituents is 1. The summed E-state index contributed by atoms with van der Waals surface area (Å²) in [6.07, 6.45) is 2.69. The van der Waals surface area contributed by atoms with Crippen molar-refractivity contribution in [1.82, 2.24) is 4.98 Å². The molecule has 1 aromatic heterocycles. The van der Waals surface area contributed by atoms with Crippen molar-refractivity contribution in [2.24, 2.45) is 0 Å². The average Bonchev–Trinajstić information content (AvgIpc) is 2.89. The van der Waals surface area contributed by atoms with Crippen LogP contribution < -0.4 is 10.1 Å².